The van der Waals surface area contributed by atoms with Crippen molar-refractivity contribution >= 4 is 29.2 Å². The van der Waals surface area contributed by atoms with E-state index in [0.29, 0.717) is 44.7 Å². The van der Waals surface area contributed by atoms with E-state index in [1.807, 2.05) is 24.3 Å². The molecule has 0 spiro atoms. The van der Waals surface area contributed by atoms with Gasteiger partial charge in [-0.15, -0.1) is 0 Å². The van der Waals surface area contributed by atoms with Gasteiger partial charge in [-0.3, -0.25) is 9.59 Å². The van der Waals surface area contributed by atoms with Crippen LogP contribution in [0.3, 0.4) is 0 Å². The van der Waals surface area contributed by atoms with Gasteiger partial charge in [0.25, 0.3) is 0 Å². The van der Waals surface area contributed by atoms with Crippen LogP contribution in [0.1, 0.15) is 12.0 Å². The van der Waals surface area contributed by atoms with Crippen molar-refractivity contribution in [2.24, 2.45) is 0 Å². The lowest BCUT2D eigenvalue weighted by atomic mass is 10.0. The number of carbonyl (C=O) groups is 3. The molecule has 0 saturated carbocycles. The molecule has 1 saturated heterocycles. The van der Waals surface area contributed by atoms with Crippen LogP contribution in [0.4, 0.5) is 20.6 Å². The molecule has 8 heteroatoms. The van der Waals surface area contributed by atoms with Gasteiger partial charge in [-0.25, -0.2) is 9.18 Å². The molecular weight excluding hydrogens is 387 g/mol. The highest BCUT2D eigenvalue weighted by Crippen LogP contribution is 2.27. The zero-order valence-electron chi connectivity index (χ0n) is 16.5. The predicted molar refractivity (Wildman–Crippen MR) is 111 cm³/mol. The molecule has 2 aliphatic heterocycles. The van der Waals surface area contributed by atoms with Crippen LogP contribution in [0.5, 0.6) is 0 Å². The lowest BCUT2D eigenvalue weighted by Gasteiger charge is -2.36. The Morgan fingerprint density at radius 2 is 1.57 bits per heavy atom. The zero-order valence-corrected chi connectivity index (χ0v) is 16.5. The molecule has 2 heterocycles. The standard InChI is InChI=1S/C22H23FN4O3/c23-17-6-8-18(9-7-17)24-22(30)26-13-11-25(12-14-26)21(29)15-27-19-4-2-1-3-16(19)5-10-20(27)28/h1-4,6-9H,5,10-15H2,(H,24,30). The van der Waals surface area contributed by atoms with Crippen molar-refractivity contribution in [2.45, 2.75) is 12.8 Å². The average Bonchev–Trinajstić information content (AvgIpc) is 2.77. The van der Waals surface area contributed by atoms with Gasteiger partial charge in [0, 0.05) is 44.0 Å². The van der Waals surface area contributed by atoms with E-state index in [1.165, 1.54) is 24.3 Å². The normalized spacial score (nSPS) is 16.3. The first kappa shape index (κ1) is 19.9. The first-order chi connectivity index (χ1) is 14.5. The van der Waals surface area contributed by atoms with Gasteiger partial charge in [0.15, 0.2) is 0 Å². The molecule has 4 amide bonds. The lowest BCUT2D eigenvalue weighted by Crippen LogP contribution is -2.54. The topological polar surface area (TPSA) is 73.0 Å². The Morgan fingerprint density at radius 1 is 0.900 bits per heavy atom. The monoisotopic (exact) mass is 410 g/mol. The Balaban J connectivity index is 1.32. The molecule has 7 nitrogen and oxygen atoms in total. The number of anilines is 2. The molecular formula is C22H23FN4O3. The molecule has 2 aromatic carbocycles. The van der Waals surface area contributed by atoms with E-state index < -0.39 is 0 Å². The average molecular weight is 410 g/mol. The second kappa shape index (κ2) is 8.52. The second-order valence-electron chi connectivity index (χ2n) is 7.41. The van der Waals surface area contributed by atoms with Gasteiger partial charge in [0.2, 0.25) is 11.8 Å². The van der Waals surface area contributed by atoms with Gasteiger partial charge in [0.1, 0.15) is 12.4 Å². The first-order valence-electron chi connectivity index (χ1n) is 9.99. The van der Waals surface area contributed by atoms with Crippen LogP contribution in [-0.2, 0) is 16.0 Å². The van der Waals surface area contributed by atoms with Crippen molar-refractivity contribution < 1.29 is 18.8 Å². The number of aryl methyl sites for hydroxylation is 1. The Bertz CT molecular complexity index is 955. The summed E-state index contributed by atoms with van der Waals surface area (Å²) >= 11 is 0. The molecule has 2 aromatic rings. The molecule has 0 aromatic heterocycles. The van der Waals surface area contributed by atoms with E-state index in [4.69, 9.17) is 0 Å². The summed E-state index contributed by atoms with van der Waals surface area (Å²) in [6, 6.07) is 12.9. The van der Waals surface area contributed by atoms with Crippen molar-refractivity contribution in [2.75, 3.05) is 42.9 Å². The maximum atomic E-state index is 13.0. The van der Waals surface area contributed by atoms with Gasteiger partial charge in [-0.05, 0) is 42.3 Å². The number of hydrogen-bond acceptors (Lipinski definition) is 3. The van der Waals surface area contributed by atoms with E-state index in [-0.39, 0.29) is 30.2 Å². The number of halogens is 1. The molecule has 30 heavy (non-hydrogen) atoms. The fourth-order valence-corrected chi connectivity index (χ4v) is 3.80. The number of rotatable bonds is 3. The van der Waals surface area contributed by atoms with Crippen LogP contribution < -0.4 is 10.2 Å². The molecule has 4 rings (SSSR count). The number of fused-ring (bicyclic) bond motifs is 1. The minimum atomic E-state index is -0.366. The van der Waals surface area contributed by atoms with E-state index >= 15 is 0 Å². The quantitative estimate of drug-likeness (QED) is 0.845. The third kappa shape index (κ3) is 4.27. The fourth-order valence-electron chi connectivity index (χ4n) is 3.80. The maximum Gasteiger partial charge on any atom is 0.321 e. The highest BCUT2D eigenvalue weighted by molar-refractivity contribution is 6.01. The van der Waals surface area contributed by atoms with Gasteiger partial charge < -0.3 is 20.0 Å². The number of para-hydroxylation sites is 1. The van der Waals surface area contributed by atoms with Crippen molar-refractivity contribution in [3.8, 4) is 0 Å². The Hall–Kier alpha value is -3.42. The van der Waals surface area contributed by atoms with Crippen molar-refractivity contribution in [3.63, 3.8) is 0 Å². The van der Waals surface area contributed by atoms with Crippen LogP contribution >= 0.6 is 0 Å². The van der Waals surface area contributed by atoms with E-state index in [1.54, 1.807) is 14.7 Å². The van der Waals surface area contributed by atoms with Crippen molar-refractivity contribution in [3.05, 3.63) is 59.9 Å². The number of piperazine rings is 1. The van der Waals surface area contributed by atoms with Crippen LogP contribution in [0, 0.1) is 5.82 Å². The number of nitrogens with zero attached hydrogens (tertiary/aromatic N) is 3. The summed E-state index contributed by atoms with van der Waals surface area (Å²) in [6.07, 6.45) is 1.10. The van der Waals surface area contributed by atoms with Crippen molar-refractivity contribution in [1.29, 1.82) is 0 Å². The molecule has 2 aliphatic rings. The van der Waals surface area contributed by atoms with Crippen molar-refractivity contribution in [1.82, 2.24) is 9.80 Å². The molecule has 156 valence electrons. The Labute approximate surface area is 174 Å². The van der Waals surface area contributed by atoms with E-state index in [9.17, 15) is 18.8 Å². The molecule has 0 unspecified atom stereocenters. The molecule has 0 aliphatic carbocycles. The molecule has 1 fully saturated rings. The SMILES string of the molecule is O=C(CN1C(=O)CCc2ccccc21)N1CCN(C(=O)Nc2ccc(F)cc2)CC1. The van der Waals surface area contributed by atoms with Crippen LogP contribution in [-0.4, -0.2) is 60.4 Å². The molecule has 0 bridgehead atoms. The summed E-state index contributed by atoms with van der Waals surface area (Å²) in [4.78, 5) is 42.4. The number of benzene rings is 2. The summed E-state index contributed by atoms with van der Waals surface area (Å²) in [5, 5.41) is 2.73. The van der Waals surface area contributed by atoms with Crippen LogP contribution in [0.15, 0.2) is 48.5 Å². The number of nitrogens with one attached hydrogen (secondary N) is 1. The van der Waals surface area contributed by atoms with Gasteiger partial charge in [-0.2, -0.15) is 0 Å². The van der Waals surface area contributed by atoms with Crippen LogP contribution in [0.2, 0.25) is 0 Å². The maximum absolute atomic E-state index is 13.0. The first-order valence-corrected chi connectivity index (χ1v) is 9.99. The molecule has 0 radical (unpaired) electrons. The minimum Gasteiger partial charge on any atom is -0.338 e. The Kier molecular flexibility index (Phi) is 5.65. The number of carbonyl (C=O) groups excluding carboxylic acids is 3. The summed E-state index contributed by atoms with van der Waals surface area (Å²) in [5.41, 5.74) is 2.40. The summed E-state index contributed by atoms with van der Waals surface area (Å²) < 4.78 is 13.0. The lowest BCUT2D eigenvalue weighted by molar-refractivity contribution is -0.132. The molecule has 1 N–H and O–H groups in total. The zero-order chi connectivity index (χ0) is 21.1. The minimum absolute atomic E-state index is 0.0115. The smallest absolute Gasteiger partial charge is 0.321 e. The number of amides is 4. The van der Waals surface area contributed by atoms with Gasteiger partial charge >= 0.3 is 6.03 Å². The third-order valence-electron chi connectivity index (χ3n) is 5.50. The summed E-state index contributed by atoms with van der Waals surface area (Å²) in [6.45, 7) is 1.60. The Morgan fingerprint density at radius 3 is 2.30 bits per heavy atom. The third-order valence-corrected chi connectivity index (χ3v) is 5.50. The predicted octanol–water partition coefficient (Wildman–Crippen LogP) is 2.48. The van der Waals surface area contributed by atoms with E-state index in [2.05, 4.69) is 5.32 Å². The van der Waals surface area contributed by atoms with Gasteiger partial charge in [-0.1, -0.05) is 18.2 Å². The number of hydrogen-bond donors (Lipinski definition) is 1. The molecule has 0 atom stereocenters. The number of urea groups is 1. The second-order valence-corrected chi connectivity index (χ2v) is 7.41. The summed E-state index contributed by atoms with van der Waals surface area (Å²) in [5.74, 6) is -0.534. The van der Waals surface area contributed by atoms with Gasteiger partial charge in [0.05, 0.1) is 0 Å². The van der Waals surface area contributed by atoms with E-state index in [0.717, 1.165) is 11.3 Å². The largest absolute Gasteiger partial charge is 0.338 e. The summed E-state index contributed by atoms with van der Waals surface area (Å²) in [7, 11) is 0. The fraction of sp³-hybridized carbons (Fsp3) is 0.318. The van der Waals surface area contributed by atoms with Crippen LogP contribution in [0.25, 0.3) is 0 Å². The highest BCUT2D eigenvalue weighted by Gasteiger charge is 2.29. The highest BCUT2D eigenvalue weighted by atomic mass is 19.1.